The van der Waals surface area contributed by atoms with Crippen molar-refractivity contribution < 1.29 is 19.1 Å². The quantitative estimate of drug-likeness (QED) is 0.764. The number of hydrogen-bond acceptors (Lipinski definition) is 4. The van der Waals surface area contributed by atoms with Crippen molar-refractivity contribution in [3.8, 4) is 5.75 Å². The number of ether oxygens (including phenoxy) is 1. The first-order chi connectivity index (χ1) is 13.0. The van der Waals surface area contributed by atoms with Gasteiger partial charge in [0, 0.05) is 18.5 Å². The maximum atomic E-state index is 12.0. The van der Waals surface area contributed by atoms with Crippen molar-refractivity contribution in [2.45, 2.75) is 32.7 Å². The van der Waals surface area contributed by atoms with Gasteiger partial charge in [-0.3, -0.25) is 19.3 Å². The second-order valence-electron chi connectivity index (χ2n) is 6.53. The molecule has 0 unspecified atom stereocenters. The number of likely N-dealkylation sites (tertiary alicyclic amines) is 1. The summed E-state index contributed by atoms with van der Waals surface area (Å²) >= 11 is 0. The molecule has 1 aliphatic heterocycles. The standard InChI is InChI=1S/C21H22N2O4/c1-15-3-2-4-18(13-15)27-12-11-19(24)22-17-7-5-16(6-8-17)14-23-20(25)9-10-21(23)26/h2-8,13H,9-12,14H2,1H3,(H,22,24). The van der Waals surface area contributed by atoms with Gasteiger partial charge in [-0.05, 0) is 42.3 Å². The zero-order valence-electron chi connectivity index (χ0n) is 15.2. The average molecular weight is 366 g/mol. The highest BCUT2D eigenvalue weighted by Crippen LogP contribution is 2.18. The third kappa shape index (κ3) is 5.17. The van der Waals surface area contributed by atoms with Crippen LogP contribution in [0.5, 0.6) is 5.75 Å². The van der Waals surface area contributed by atoms with Crippen LogP contribution in [0.4, 0.5) is 5.69 Å². The monoisotopic (exact) mass is 366 g/mol. The Labute approximate surface area is 158 Å². The minimum Gasteiger partial charge on any atom is -0.493 e. The smallest absolute Gasteiger partial charge is 0.229 e. The molecule has 3 amide bonds. The molecule has 1 fully saturated rings. The molecule has 0 aliphatic carbocycles. The van der Waals surface area contributed by atoms with E-state index in [1.54, 1.807) is 24.3 Å². The van der Waals surface area contributed by atoms with Crippen LogP contribution >= 0.6 is 0 Å². The molecule has 2 aromatic carbocycles. The largest absolute Gasteiger partial charge is 0.493 e. The Morgan fingerprint density at radius 1 is 1.07 bits per heavy atom. The van der Waals surface area contributed by atoms with Gasteiger partial charge in [0.05, 0.1) is 19.6 Å². The van der Waals surface area contributed by atoms with Gasteiger partial charge in [0.25, 0.3) is 0 Å². The van der Waals surface area contributed by atoms with Gasteiger partial charge in [-0.15, -0.1) is 0 Å². The summed E-state index contributed by atoms with van der Waals surface area (Å²) in [6.07, 6.45) is 0.821. The van der Waals surface area contributed by atoms with Gasteiger partial charge in [0.15, 0.2) is 0 Å². The van der Waals surface area contributed by atoms with Crippen LogP contribution in [0.15, 0.2) is 48.5 Å². The van der Waals surface area contributed by atoms with E-state index in [9.17, 15) is 14.4 Å². The van der Waals surface area contributed by atoms with Crippen molar-refractivity contribution in [1.29, 1.82) is 0 Å². The van der Waals surface area contributed by atoms with E-state index in [1.165, 1.54) is 4.90 Å². The van der Waals surface area contributed by atoms with Crippen LogP contribution in [-0.4, -0.2) is 29.2 Å². The molecule has 1 N–H and O–H groups in total. The number of anilines is 1. The molecule has 0 atom stereocenters. The summed E-state index contributed by atoms with van der Waals surface area (Å²) in [6, 6.07) is 14.8. The van der Waals surface area contributed by atoms with Crippen LogP contribution in [0.3, 0.4) is 0 Å². The van der Waals surface area contributed by atoms with Gasteiger partial charge in [0.1, 0.15) is 5.75 Å². The van der Waals surface area contributed by atoms with Crippen molar-refractivity contribution in [2.75, 3.05) is 11.9 Å². The Hall–Kier alpha value is -3.15. The second kappa shape index (κ2) is 8.49. The maximum absolute atomic E-state index is 12.0. The number of benzene rings is 2. The van der Waals surface area contributed by atoms with Crippen LogP contribution in [0.1, 0.15) is 30.4 Å². The lowest BCUT2D eigenvalue weighted by molar-refractivity contribution is -0.139. The Balaban J connectivity index is 1.45. The first kappa shape index (κ1) is 18.6. The van der Waals surface area contributed by atoms with E-state index >= 15 is 0 Å². The molecule has 140 valence electrons. The van der Waals surface area contributed by atoms with Crippen molar-refractivity contribution in [3.63, 3.8) is 0 Å². The van der Waals surface area contributed by atoms with Gasteiger partial charge >= 0.3 is 0 Å². The van der Waals surface area contributed by atoms with Gasteiger partial charge in [0.2, 0.25) is 17.7 Å². The average Bonchev–Trinajstić information content (AvgIpc) is 2.95. The molecule has 0 radical (unpaired) electrons. The van der Waals surface area contributed by atoms with Gasteiger partial charge in [-0.25, -0.2) is 0 Å². The van der Waals surface area contributed by atoms with E-state index in [2.05, 4.69) is 5.32 Å². The SMILES string of the molecule is Cc1cccc(OCCC(=O)Nc2ccc(CN3C(=O)CCC3=O)cc2)c1. The number of hydrogen-bond donors (Lipinski definition) is 1. The van der Waals surface area contributed by atoms with Gasteiger partial charge in [-0.1, -0.05) is 24.3 Å². The van der Waals surface area contributed by atoms with E-state index in [-0.39, 0.29) is 43.5 Å². The Morgan fingerprint density at radius 3 is 2.44 bits per heavy atom. The summed E-state index contributed by atoms with van der Waals surface area (Å²) in [6.45, 7) is 2.56. The highest BCUT2D eigenvalue weighted by molar-refractivity contribution is 6.01. The fourth-order valence-corrected chi connectivity index (χ4v) is 2.87. The highest BCUT2D eigenvalue weighted by Gasteiger charge is 2.28. The molecule has 0 aromatic heterocycles. The molecule has 0 spiro atoms. The topological polar surface area (TPSA) is 75.7 Å². The van der Waals surface area contributed by atoms with Crippen LogP contribution < -0.4 is 10.1 Å². The predicted octanol–water partition coefficient (Wildman–Crippen LogP) is 3.05. The third-order valence-electron chi connectivity index (χ3n) is 4.32. The van der Waals surface area contributed by atoms with Crippen LogP contribution in [0.25, 0.3) is 0 Å². The number of carbonyl (C=O) groups is 3. The molecule has 1 saturated heterocycles. The lowest BCUT2D eigenvalue weighted by Gasteiger charge is -2.14. The van der Waals surface area contributed by atoms with E-state index < -0.39 is 0 Å². The molecular formula is C21H22N2O4. The predicted molar refractivity (Wildman–Crippen MR) is 101 cm³/mol. The molecule has 3 rings (SSSR count). The van der Waals surface area contributed by atoms with Crippen LogP contribution in [0.2, 0.25) is 0 Å². The van der Waals surface area contributed by atoms with Gasteiger partial charge < -0.3 is 10.1 Å². The zero-order chi connectivity index (χ0) is 19.2. The molecule has 1 heterocycles. The minimum atomic E-state index is -0.139. The zero-order valence-corrected chi connectivity index (χ0v) is 15.2. The Morgan fingerprint density at radius 2 is 1.78 bits per heavy atom. The van der Waals surface area contributed by atoms with Gasteiger partial charge in [-0.2, -0.15) is 0 Å². The van der Waals surface area contributed by atoms with E-state index in [4.69, 9.17) is 4.74 Å². The first-order valence-corrected chi connectivity index (χ1v) is 8.93. The lowest BCUT2D eigenvalue weighted by Crippen LogP contribution is -2.28. The number of imide groups is 1. The molecule has 0 bridgehead atoms. The third-order valence-corrected chi connectivity index (χ3v) is 4.32. The number of nitrogens with zero attached hydrogens (tertiary/aromatic N) is 1. The van der Waals surface area contributed by atoms with E-state index in [1.807, 2.05) is 31.2 Å². The van der Waals surface area contributed by atoms with Crippen LogP contribution in [0, 0.1) is 6.92 Å². The number of rotatable bonds is 7. The lowest BCUT2D eigenvalue weighted by atomic mass is 10.2. The number of carbonyl (C=O) groups excluding carboxylic acids is 3. The molecule has 6 nitrogen and oxygen atoms in total. The van der Waals surface area contributed by atoms with E-state index in [0.29, 0.717) is 12.3 Å². The summed E-state index contributed by atoms with van der Waals surface area (Å²) in [4.78, 5) is 36.6. The Bertz CT molecular complexity index is 830. The maximum Gasteiger partial charge on any atom is 0.229 e. The second-order valence-corrected chi connectivity index (χ2v) is 6.53. The first-order valence-electron chi connectivity index (χ1n) is 8.93. The molecular weight excluding hydrogens is 344 g/mol. The summed E-state index contributed by atoms with van der Waals surface area (Å²) in [5.74, 6) is 0.343. The fourth-order valence-electron chi connectivity index (χ4n) is 2.87. The van der Waals surface area contributed by atoms with Crippen molar-refractivity contribution in [2.24, 2.45) is 0 Å². The molecule has 27 heavy (non-hydrogen) atoms. The Kier molecular flexibility index (Phi) is 5.86. The minimum absolute atomic E-state index is 0.133. The molecule has 6 heteroatoms. The van der Waals surface area contributed by atoms with Crippen molar-refractivity contribution >= 4 is 23.4 Å². The van der Waals surface area contributed by atoms with Crippen molar-refractivity contribution in [1.82, 2.24) is 4.90 Å². The normalized spacial score (nSPS) is 13.7. The van der Waals surface area contributed by atoms with E-state index in [0.717, 1.165) is 16.9 Å². The number of aryl methyl sites for hydroxylation is 1. The number of amides is 3. The molecule has 0 saturated carbocycles. The summed E-state index contributed by atoms with van der Waals surface area (Å²) < 4.78 is 5.58. The summed E-state index contributed by atoms with van der Waals surface area (Å²) in [5.41, 5.74) is 2.62. The van der Waals surface area contributed by atoms with Crippen molar-refractivity contribution in [3.05, 3.63) is 59.7 Å². The molecule has 1 aliphatic rings. The summed E-state index contributed by atoms with van der Waals surface area (Å²) in [7, 11) is 0. The van der Waals surface area contributed by atoms with Crippen LogP contribution in [-0.2, 0) is 20.9 Å². The fraction of sp³-hybridized carbons (Fsp3) is 0.286. The highest BCUT2D eigenvalue weighted by atomic mass is 16.5. The summed E-state index contributed by atoms with van der Waals surface area (Å²) in [5, 5.41) is 2.81. The number of nitrogens with one attached hydrogen (secondary N) is 1. The molecule has 2 aromatic rings.